The van der Waals surface area contributed by atoms with Crippen LogP contribution in [0.2, 0.25) is 0 Å². The molecule has 0 aliphatic carbocycles. The van der Waals surface area contributed by atoms with E-state index in [2.05, 4.69) is 14.8 Å². The lowest BCUT2D eigenvalue weighted by Gasteiger charge is -2.24. The number of nitrogens with two attached hydrogens (primary N) is 1. The number of hydrogen-bond donors (Lipinski definition) is 4. The van der Waals surface area contributed by atoms with E-state index in [1.165, 1.54) is 7.05 Å². The first-order valence-corrected chi connectivity index (χ1v) is 10.5. The highest BCUT2D eigenvalue weighted by Crippen LogP contribution is 2.10. The minimum Gasteiger partial charge on any atom is -0.458 e. The number of carbonyl (C=O) groups is 3. The molecular formula is C16H32N4O8S. The molecule has 0 fully saturated rings. The summed E-state index contributed by atoms with van der Waals surface area (Å²) in [4.78, 5) is 35.1. The van der Waals surface area contributed by atoms with E-state index < -0.39 is 39.6 Å². The highest BCUT2D eigenvalue weighted by Gasteiger charge is 2.26. The maximum absolute atomic E-state index is 12.2. The number of hydrogen-bond acceptors (Lipinski definition) is 8. The quantitative estimate of drug-likeness (QED) is 0.170. The number of primary amides is 1. The van der Waals surface area contributed by atoms with E-state index in [1.54, 1.807) is 20.8 Å². The molecule has 170 valence electrons. The first kappa shape index (κ1) is 27.2. The summed E-state index contributed by atoms with van der Waals surface area (Å²) in [5.41, 5.74) is 4.35. The van der Waals surface area contributed by atoms with Gasteiger partial charge in [-0.25, -0.2) is 14.2 Å². The van der Waals surface area contributed by atoms with Gasteiger partial charge in [-0.1, -0.05) is 0 Å². The molecule has 0 radical (unpaired) electrons. The normalized spacial score (nSPS) is 13.0. The molecule has 1 atom stereocenters. The van der Waals surface area contributed by atoms with Crippen molar-refractivity contribution in [2.45, 2.75) is 45.3 Å². The Morgan fingerprint density at radius 1 is 1.07 bits per heavy atom. The van der Waals surface area contributed by atoms with Crippen LogP contribution in [0.15, 0.2) is 0 Å². The van der Waals surface area contributed by atoms with E-state index in [-0.39, 0.29) is 45.8 Å². The Kier molecular flexibility index (Phi) is 12.6. The molecule has 0 bridgehead atoms. The van der Waals surface area contributed by atoms with Crippen LogP contribution < -0.4 is 20.5 Å². The Morgan fingerprint density at radius 2 is 1.69 bits per heavy atom. The summed E-state index contributed by atoms with van der Waals surface area (Å²) in [6.07, 6.45) is -0.0716. The molecule has 0 saturated heterocycles. The second-order valence-corrected chi connectivity index (χ2v) is 8.63. The summed E-state index contributed by atoms with van der Waals surface area (Å²) in [6, 6.07) is -1.02. The second-order valence-electron chi connectivity index (χ2n) is 6.93. The van der Waals surface area contributed by atoms with Crippen molar-refractivity contribution in [1.29, 1.82) is 0 Å². The fraction of sp³-hybridized carbons (Fsp3) is 0.812. The predicted octanol–water partition coefficient (Wildman–Crippen LogP) is -1.83. The van der Waals surface area contributed by atoms with Gasteiger partial charge >= 0.3 is 5.97 Å². The monoisotopic (exact) mass is 440 g/mol. The third kappa shape index (κ3) is 15.8. The van der Waals surface area contributed by atoms with Crippen LogP contribution in [0.5, 0.6) is 0 Å². The third-order valence-corrected chi connectivity index (χ3v) is 4.24. The van der Waals surface area contributed by atoms with Crippen molar-refractivity contribution in [3.63, 3.8) is 0 Å². The standard InChI is InChI=1S/C16H32N4O8S/c1-16(2,3)28-15(23)12(5-6-13(17)21)20-14(22)11-27-10-9-26-8-7-19-29(24,25)18-4/h12,18-19H,5-11H2,1-4H3,(H2,17,21)(H,20,22). The first-order valence-electron chi connectivity index (χ1n) is 9.00. The lowest BCUT2D eigenvalue weighted by Crippen LogP contribution is -2.46. The van der Waals surface area contributed by atoms with Gasteiger partial charge in [0.2, 0.25) is 11.8 Å². The van der Waals surface area contributed by atoms with E-state index in [0.29, 0.717) is 0 Å². The van der Waals surface area contributed by atoms with Crippen LogP contribution in [0.25, 0.3) is 0 Å². The summed E-state index contributed by atoms with van der Waals surface area (Å²) >= 11 is 0. The molecule has 2 amide bonds. The highest BCUT2D eigenvalue weighted by molar-refractivity contribution is 7.87. The zero-order valence-electron chi connectivity index (χ0n) is 17.3. The van der Waals surface area contributed by atoms with E-state index in [4.69, 9.17) is 19.9 Å². The maximum atomic E-state index is 12.2. The minimum atomic E-state index is -3.50. The largest absolute Gasteiger partial charge is 0.458 e. The first-order chi connectivity index (χ1) is 13.4. The molecular weight excluding hydrogens is 408 g/mol. The Bertz CT molecular complexity index is 633. The number of carbonyl (C=O) groups excluding carboxylic acids is 3. The summed E-state index contributed by atoms with van der Waals surface area (Å²) in [5, 5.41) is 2.46. The maximum Gasteiger partial charge on any atom is 0.329 e. The van der Waals surface area contributed by atoms with Crippen molar-refractivity contribution in [2.75, 3.05) is 40.0 Å². The van der Waals surface area contributed by atoms with Gasteiger partial charge in [-0.15, -0.1) is 0 Å². The number of amides is 2. The van der Waals surface area contributed by atoms with E-state index in [9.17, 15) is 22.8 Å². The molecule has 0 aromatic rings. The van der Waals surface area contributed by atoms with E-state index in [0.717, 1.165) is 0 Å². The third-order valence-electron chi connectivity index (χ3n) is 3.12. The molecule has 0 rings (SSSR count). The smallest absolute Gasteiger partial charge is 0.329 e. The minimum absolute atomic E-state index is 0.0155. The molecule has 29 heavy (non-hydrogen) atoms. The van der Waals surface area contributed by atoms with Crippen LogP contribution in [0, 0.1) is 0 Å². The molecule has 0 aromatic carbocycles. The molecule has 0 aromatic heterocycles. The number of esters is 1. The van der Waals surface area contributed by atoms with Gasteiger partial charge in [0.05, 0.1) is 19.8 Å². The topological polar surface area (TPSA) is 175 Å². The van der Waals surface area contributed by atoms with Crippen molar-refractivity contribution in [1.82, 2.24) is 14.8 Å². The van der Waals surface area contributed by atoms with Gasteiger partial charge in [0.25, 0.3) is 10.2 Å². The molecule has 1 unspecified atom stereocenters. The van der Waals surface area contributed by atoms with Crippen molar-refractivity contribution < 1.29 is 37.0 Å². The summed E-state index contributed by atoms with van der Waals surface area (Å²) in [5.74, 6) is -1.83. The zero-order valence-corrected chi connectivity index (χ0v) is 18.1. The van der Waals surface area contributed by atoms with E-state index in [1.807, 2.05) is 0 Å². The summed E-state index contributed by atoms with van der Waals surface area (Å²) < 4.78 is 42.1. The summed E-state index contributed by atoms with van der Waals surface area (Å²) in [7, 11) is -2.22. The Labute approximate surface area is 171 Å². The van der Waals surface area contributed by atoms with Gasteiger partial charge in [-0.2, -0.15) is 8.42 Å². The summed E-state index contributed by atoms with van der Waals surface area (Å²) in [6.45, 7) is 5.17. The molecule has 0 aliphatic heterocycles. The second kappa shape index (κ2) is 13.4. The highest BCUT2D eigenvalue weighted by atomic mass is 32.2. The van der Waals surface area contributed by atoms with Crippen LogP contribution in [0.4, 0.5) is 0 Å². The van der Waals surface area contributed by atoms with Crippen LogP contribution in [0.1, 0.15) is 33.6 Å². The lowest BCUT2D eigenvalue weighted by molar-refractivity contribution is -0.159. The lowest BCUT2D eigenvalue weighted by atomic mass is 10.1. The van der Waals surface area contributed by atoms with Gasteiger partial charge in [0, 0.05) is 20.0 Å². The Hall–Kier alpha value is -1.80. The average molecular weight is 441 g/mol. The van der Waals surface area contributed by atoms with Gasteiger partial charge in [0.15, 0.2) is 0 Å². The number of rotatable bonds is 15. The van der Waals surface area contributed by atoms with Crippen molar-refractivity contribution in [3.8, 4) is 0 Å². The SMILES string of the molecule is CNS(=O)(=O)NCCOCCOCC(=O)NC(CCC(N)=O)C(=O)OC(C)(C)C. The number of nitrogens with one attached hydrogen (secondary N) is 3. The van der Waals surface area contributed by atoms with Crippen LogP contribution >= 0.6 is 0 Å². The van der Waals surface area contributed by atoms with Crippen LogP contribution in [0.3, 0.4) is 0 Å². The Balaban J connectivity index is 4.18. The molecule has 0 aliphatic rings. The molecule has 0 heterocycles. The fourth-order valence-electron chi connectivity index (χ4n) is 1.85. The zero-order chi connectivity index (χ0) is 22.5. The molecule has 13 heteroatoms. The van der Waals surface area contributed by atoms with Crippen LogP contribution in [-0.4, -0.2) is 77.9 Å². The number of ether oxygens (including phenoxy) is 3. The molecule has 5 N–H and O–H groups in total. The van der Waals surface area contributed by atoms with Crippen molar-refractivity contribution >= 4 is 28.0 Å². The molecule has 0 saturated carbocycles. The van der Waals surface area contributed by atoms with Crippen molar-refractivity contribution in [2.24, 2.45) is 5.73 Å². The van der Waals surface area contributed by atoms with E-state index >= 15 is 0 Å². The molecule has 0 spiro atoms. The Morgan fingerprint density at radius 3 is 2.24 bits per heavy atom. The average Bonchev–Trinajstić information content (AvgIpc) is 2.59. The molecule has 12 nitrogen and oxygen atoms in total. The van der Waals surface area contributed by atoms with Gasteiger partial charge < -0.3 is 25.3 Å². The van der Waals surface area contributed by atoms with Gasteiger partial charge in [-0.3, -0.25) is 9.59 Å². The van der Waals surface area contributed by atoms with Gasteiger partial charge in [0.1, 0.15) is 18.2 Å². The van der Waals surface area contributed by atoms with Crippen molar-refractivity contribution in [3.05, 3.63) is 0 Å². The predicted molar refractivity (Wildman–Crippen MR) is 104 cm³/mol. The van der Waals surface area contributed by atoms with Crippen LogP contribution in [-0.2, 0) is 38.8 Å². The van der Waals surface area contributed by atoms with Gasteiger partial charge in [-0.05, 0) is 27.2 Å². The fourth-order valence-corrected chi connectivity index (χ4v) is 2.35.